The molecule has 0 bridgehead atoms. The summed E-state index contributed by atoms with van der Waals surface area (Å²) in [6.45, 7) is 13.6. The van der Waals surface area contributed by atoms with Crippen LogP contribution in [0.3, 0.4) is 0 Å². The van der Waals surface area contributed by atoms with Gasteiger partial charge in [-0.3, -0.25) is 0 Å². The smallest absolute Gasteiger partial charge is 0.259 e. The lowest BCUT2D eigenvalue weighted by Gasteiger charge is -2.36. The molecule has 0 radical (unpaired) electrons. The van der Waals surface area contributed by atoms with Gasteiger partial charge >= 0.3 is 0 Å². The van der Waals surface area contributed by atoms with E-state index in [4.69, 9.17) is 28.5 Å². The van der Waals surface area contributed by atoms with E-state index in [1.165, 1.54) is 0 Å². The normalized spacial score (nSPS) is 14.2. The van der Waals surface area contributed by atoms with Gasteiger partial charge in [0.25, 0.3) is 8.53 Å². The van der Waals surface area contributed by atoms with Crippen molar-refractivity contribution >= 4 is 8.53 Å². The lowest BCUT2D eigenvalue weighted by atomic mass is 10.3. The number of hydrogen-bond donors (Lipinski definition) is 0. The van der Waals surface area contributed by atoms with Crippen LogP contribution in [0, 0.1) is 11.3 Å². The molecule has 8 heteroatoms. The Morgan fingerprint density at radius 3 is 2.15 bits per heavy atom. The Morgan fingerprint density at radius 1 is 0.962 bits per heavy atom. The summed E-state index contributed by atoms with van der Waals surface area (Å²) in [6.07, 6.45) is 1.20. The fraction of sp³-hybridized carbons (Fsp3) is 0.944. The zero-order chi connectivity index (χ0) is 19.8. The Bertz CT molecular complexity index is 358. The molecule has 0 aromatic heterocycles. The van der Waals surface area contributed by atoms with E-state index in [0.717, 1.165) is 6.42 Å². The molecule has 2 atom stereocenters. The molecule has 7 nitrogen and oxygen atoms in total. The zero-order valence-corrected chi connectivity index (χ0v) is 18.2. The second-order valence-electron chi connectivity index (χ2n) is 6.35. The van der Waals surface area contributed by atoms with E-state index >= 15 is 0 Å². The molecule has 0 saturated carbocycles. The summed E-state index contributed by atoms with van der Waals surface area (Å²) in [7, 11) is 0.427. The van der Waals surface area contributed by atoms with Crippen molar-refractivity contribution in [2.75, 3.05) is 46.8 Å². The highest BCUT2D eigenvalue weighted by Crippen LogP contribution is 2.46. The predicted octanol–water partition coefficient (Wildman–Crippen LogP) is 3.74. The van der Waals surface area contributed by atoms with Crippen LogP contribution >= 0.6 is 8.53 Å². The summed E-state index contributed by atoms with van der Waals surface area (Å²) in [5.41, 5.74) is 0. The first-order valence-electron chi connectivity index (χ1n) is 9.37. The Balaban J connectivity index is 4.45. The van der Waals surface area contributed by atoms with Gasteiger partial charge in [0.2, 0.25) is 0 Å². The highest BCUT2D eigenvalue weighted by molar-refractivity contribution is 7.44. The van der Waals surface area contributed by atoms with Gasteiger partial charge in [0.05, 0.1) is 58.2 Å². The SMILES string of the molecule is CCC(COP(OCCC#N)N(C(C)C)C(C)C)OCCOCCOC. The van der Waals surface area contributed by atoms with Gasteiger partial charge in [-0.25, -0.2) is 4.67 Å². The van der Waals surface area contributed by atoms with Gasteiger partial charge in [0.1, 0.15) is 0 Å². The number of nitrogens with zero attached hydrogens (tertiary/aromatic N) is 2. The average molecular weight is 392 g/mol. The zero-order valence-electron chi connectivity index (χ0n) is 17.3. The number of methoxy groups -OCH3 is 1. The molecule has 0 aliphatic carbocycles. The highest BCUT2D eigenvalue weighted by Gasteiger charge is 2.28. The minimum atomic E-state index is -1.23. The van der Waals surface area contributed by atoms with Crippen LogP contribution in [0.4, 0.5) is 0 Å². The van der Waals surface area contributed by atoms with Crippen molar-refractivity contribution in [2.45, 2.75) is 65.6 Å². The van der Waals surface area contributed by atoms with Gasteiger partial charge in [0.15, 0.2) is 0 Å². The van der Waals surface area contributed by atoms with E-state index in [2.05, 4.69) is 45.4 Å². The first kappa shape index (κ1) is 25.7. The molecule has 0 aliphatic heterocycles. The molecule has 0 fully saturated rings. The lowest BCUT2D eigenvalue weighted by Crippen LogP contribution is -2.34. The van der Waals surface area contributed by atoms with Crippen LogP contribution in [0.5, 0.6) is 0 Å². The Kier molecular flexibility index (Phi) is 16.6. The van der Waals surface area contributed by atoms with E-state index in [-0.39, 0.29) is 6.10 Å². The van der Waals surface area contributed by atoms with E-state index in [1.807, 2.05) is 0 Å². The first-order chi connectivity index (χ1) is 12.5. The molecule has 0 saturated heterocycles. The molecule has 0 amide bonds. The summed E-state index contributed by atoms with van der Waals surface area (Å²) in [5.74, 6) is 0. The summed E-state index contributed by atoms with van der Waals surface area (Å²) >= 11 is 0. The van der Waals surface area contributed by atoms with Gasteiger partial charge in [0, 0.05) is 19.2 Å². The summed E-state index contributed by atoms with van der Waals surface area (Å²) in [4.78, 5) is 0. The third kappa shape index (κ3) is 12.1. The molecular weight excluding hydrogens is 355 g/mol. The van der Waals surface area contributed by atoms with E-state index in [0.29, 0.717) is 58.1 Å². The lowest BCUT2D eigenvalue weighted by molar-refractivity contribution is -0.0249. The third-order valence-electron chi connectivity index (χ3n) is 3.50. The van der Waals surface area contributed by atoms with Crippen LogP contribution in [0.15, 0.2) is 0 Å². The fourth-order valence-corrected chi connectivity index (χ4v) is 3.90. The van der Waals surface area contributed by atoms with Gasteiger partial charge in [-0.2, -0.15) is 5.26 Å². The second kappa shape index (κ2) is 16.8. The van der Waals surface area contributed by atoms with Crippen LogP contribution < -0.4 is 0 Å². The molecule has 0 spiro atoms. The molecule has 154 valence electrons. The summed E-state index contributed by atoms with van der Waals surface area (Å²) in [6, 6.07) is 2.69. The van der Waals surface area contributed by atoms with Crippen LogP contribution in [0.2, 0.25) is 0 Å². The molecule has 0 aliphatic rings. The van der Waals surface area contributed by atoms with Crippen LogP contribution in [0.1, 0.15) is 47.5 Å². The Labute approximate surface area is 160 Å². The Morgan fingerprint density at radius 2 is 1.62 bits per heavy atom. The summed E-state index contributed by atoms with van der Waals surface area (Å²) in [5, 5.41) is 8.75. The molecule has 0 aromatic carbocycles. The average Bonchev–Trinajstić information content (AvgIpc) is 2.59. The molecule has 0 aromatic rings. The van der Waals surface area contributed by atoms with Crippen LogP contribution in [0.25, 0.3) is 0 Å². The van der Waals surface area contributed by atoms with Gasteiger partial charge in [-0.1, -0.05) is 6.92 Å². The van der Waals surface area contributed by atoms with Crippen molar-refractivity contribution in [2.24, 2.45) is 0 Å². The number of hydrogen-bond acceptors (Lipinski definition) is 7. The van der Waals surface area contributed by atoms with E-state index in [1.54, 1.807) is 7.11 Å². The van der Waals surface area contributed by atoms with Crippen molar-refractivity contribution in [1.82, 2.24) is 4.67 Å². The second-order valence-corrected chi connectivity index (χ2v) is 7.80. The standard InChI is InChI=1S/C18H37N2O5P/c1-7-18(23-14-13-22-12-11-21-6)15-25-26(24-10-8-9-19)20(16(2)3)17(4)5/h16-18H,7-8,10-15H2,1-6H3. The van der Waals surface area contributed by atoms with Gasteiger partial charge < -0.3 is 23.3 Å². The van der Waals surface area contributed by atoms with Crippen molar-refractivity contribution < 1.29 is 23.3 Å². The molecule has 0 rings (SSSR count). The van der Waals surface area contributed by atoms with Crippen LogP contribution in [-0.2, 0) is 23.3 Å². The number of nitriles is 1. The maximum Gasteiger partial charge on any atom is 0.259 e. The molecule has 0 N–H and O–H groups in total. The molecule has 2 unspecified atom stereocenters. The largest absolute Gasteiger partial charge is 0.382 e. The van der Waals surface area contributed by atoms with Crippen LogP contribution in [-0.4, -0.2) is 69.6 Å². The summed E-state index contributed by atoms with van der Waals surface area (Å²) < 4.78 is 30.4. The fourth-order valence-electron chi connectivity index (χ4n) is 2.26. The van der Waals surface area contributed by atoms with Crippen molar-refractivity contribution in [1.29, 1.82) is 5.26 Å². The van der Waals surface area contributed by atoms with Gasteiger partial charge in [-0.15, -0.1) is 0 Å². The predicted molar refractivity (Wildman–Crippen MR) is 104 cm³/mol. The molecule has 0 heterocycles. The highest BCUT2D eigenvalue weighted by atomic mass is 31.2. The molecule has 26 heavy (non-hydrogen) atoms. The quantitative estimate of drug-likeness (QED) is 0.276. The van der Waals surface area contributed by atoms with Crippen molar-refractivity contribution in [3.63, 3.8) is 0 Å². The first-order valence-corrected chi connectivity index (χ1v) is 10.5. The number of rotatable bonds is 17. The minimum Gasteiger partial charge on any atom is -0.382 e. The van der Waals surface area contributed by atoms with Gasteiger partial charge in [-0.05, 0) is 34.1 Å². The Hall–Kier alpha value is -0.320. The monoisotopic (exact) mass is 392 g/mol. The maximum atomic E-state index is 8.75. The number of ether oxygens (including phenoxy) is 3. The van der Waals surface area contributed by atoms with E-state index < -0.39 is 8.53 Å². The molecular formula is C18H37N2O5P. The van der Waals surface area contributed by atoms with Crippen molar-refractivity contribution in [3.8, 4) is 6.07 Å². The maximum absolute atomic E-state index is 8.75. The third-order valence-corrected chi connectivity index (χ3v) is 5.58. The minimum absolute atomic E-state index is 0.00762. The topological polar surface area (TPSA) is 73.2 Å². The van der Waals surface area contributed by atoms with E-state index in [9.17, 15) is 0 Å². The van der Waals surface area contributed by atoms with Crippen molar-refractivity contribution in [3.05, 3.63) is 0 Å².